The Morgan fingerprint density at radius 1 is 1.05 bits per heavy atom. The highest BCUT2D eigenvalue weighted by molar-refractivity contribution is 5.82. The van der Waals surface area contributed by atoms with Gasteiger partial charge in [0.15, 0.2) is 5.65 Å². The van der Waals surface area contributed by atoms with Gasteiger partial charge in [-0.2, -0.15) is 23.1 Å². The van der Waals surface area contributed by atoms with Crippen LogP contribution in [0.15, 0.2) is 24.3 Å². The molecule has 1 aromatic carbocycles. The van der Waals surface area contributed by atoms with E-state index in [1.807, 2.05) is 20.0 Å². The van der Waals surface area contributed by atoms with Crippen LogP contribution in [0.3, 0.4) is 0 Å². The van der Waals surface area contributed by atoms with Gasteiger partial charge in [-0.05, 0) is 68.2 Å². The number of hydrogen-bond acceptors (Lipinski definition) is 7. The van der Waals surface area contributed by atoms with E-state index in [0.29, 0.717) is 12.0 Å². The van der Waals surface area contributed by atoms with E-state index >= 15 is 0 Å². The molecule has 0 amide bonds. The zero-order valence-electron chi connectivity index (χ0n) is 24.7. The smallest absolute Gasteiger partial charge is 0.354 e. The van der Waals surface area contributed by atoms with E-state index in [0.717, 1.165) is 53.2 Å². The van der Waals surface area contributed by atoms with Gasteiger partial charge in [-0.25, -0.2) is 9.37 Å². The lowest BCUT2D eigenvalue weighted by molar-refractivity contribution is -0.137. The number of tetrazole rings is 1. The number of halogens is 4. The van der Waals surface area contributed by atoms with Gasteiger partial charge in [0.25, 0.3) is 5.95 Å². The molecule has 0 N–H and O–H groups in total. The molecule has 0 saturated heterocycles. The average Bonchev–Trinajstić information content (AvgIpc) is 3.65. The zero-order valence-corrected chi connectivity index (χ0v) is 24.7. The van der Waals surface area contributed by atoms with Crippen LogP contribution in [-0.4, -0.2) is 47.6 Å². The lowest BCUT2D eigenvalue weighted by Crippen LogP contribution is -2.36. The fourth-order valence-electron chi connectivity index (χ4n) is 6.20. The normalized spacial score (nSPS) is 15.1. The summed E-state index contributed by atoms with van der Waals surface area (Å²) in [6, 6.07) is 4.83. The quantitative estimate of drug-likeness (QED) is 0.212. The van der Waals surface area contributed by atoms with Gasteiger partial charge in [-0.15, -0.1) is 5.10 Å². The second-order valence-corrected chi connectivity index (χ2v) is 11.4. The van der Waals surface area contributed by atoms with Crippen LogP contribution < -0.4 is 9.80 Å². The van der Waals surface area contributed by atoms with Crippen LogP contribution in [0, 0.1) is 18.7 Å². The van der Waals surface area contributed by atoms with Gasteiger partial charge < -0.3 is 9.80 Å². The molecule has 42 heavy (non-hydrogen) atoms. The number of aryl methyl sites for hydroxylation is 3. The summed E-state index contributed by atoms with van der Waals surface area (Å²) in [5.41, 5.74) is 1.52. The molecule has 1 unspecified atom stereocenters. The van der Waals surface area contributed by atoms with E-state index in [1.54, 1.807) is 16.6 Å². The molecule has 1 atom stereocenters. The first-order valence-electron chi connectivity index (χ1n) is 14.4. The van der Waals surface area contributed by atoms with E-state index < -0.39 is 17.6 Å². The number of alkyl halides is 3. The van der Waals surface area contributed by atoms with Crippen LogP contribution in [-0.2, 0) is 33.4 Å². The molecule has 9 nitrogen and oxygen atoms in total. The predicted molar refractivity (Wildman–Crippen MR) is 152 cm³/mol. The Morgan fingerprint density at radius 3 is 2.43 bits per heavy atom. The molecular formula is C29H37F4N9. The van der Waals surface area contributed by atoms with Crippen molar-refractivity contribution in [3.05, 3.63) is 52.5 Å². The summed E-state index contributed by atoms with van der Waals surface area (Å²) in [6.45, 7) is 7.10. The summed E-state index contributed by atoms with van der Waals surface area (Å²) in [6.07, 6.45) is 1.39. The molecule has 0 radical (unpaired) electrons. The maximum atomic E-state index is 14.3. The molecule has 5 rings (SSSR count). The second kappa shape index (κ2) is 11.8. The minimum Gasteiger partial charge on any atom is -0.354 e. The van der Waals surface area contributed by atoms with Crippen LogP contribution in [0.1, 0.15) is 68.3 Å². The Kier molecular flexibility index (Phi) is 8.38. The first-order chi connectivity index (χ1) is 19.9. The zero-order chi connectivity index (χ0) is 30.2. The molecule has 4 aromatic rings. The molecular weight excluding hydrogens is 550 g/mol. The fraction of sp³-hybridized carbons (Fsp3) is 0.552. The summed E-state index contributed by atoms with van der Waals surface area (Å²) in [4.78, 5) is 10.4. The van der Waals surface area contributed by atoms with Gasteiger partial charge in [0, 0.05) is 43.7 Å². The highest BCUT2D eigenvalue weighted by Crippen LogP contribution is 2.34. The van der Waals surface area contributed by atoms with E-state index in [4.69, 9.17) is 4.98 Å². The van der Waals surface area contributed by atoms with Crippen molar-refractivity contribution in [3.63, 3.8) is 0 Å². The summed E-state index contributed by atoms with van der Waals surface area (Å²) >= 11 is 0. The van der Waals surface area contributed by atoms with Crippen LogP contribution in [0.4, 0.5) is 29.3 Å². The average molecular weight is 588 g/mol. The van der Waals surface area contributed by atoms with Gasteiger partial charge in [0.05, 0.1) is 18.3 Å². The monoisotopic (exact) mass is 587 g/mol. The summed E-state index contributed by atoms with van der Waals surface area (Å²) in [7, 11) is 3.47. The molecule has 3 aromatic heterocycles. The Bertz CT molecular complexity index is 1540. The van der Waals surface area contributed by atoms with E-state index in [-0.39, 0.29) is 30.6 Å². The number of aromatic nitrogens is 7. The molecule has 1 fully saturated rings. The number of nitrogens with zero attached hydrogens (tertiary/aromatic N) is 9. The van der Waals surface area contributed by atoms with Crippen molar-refractivity contribution in [2.45, 2.75) is 78.2 Å². The third-order valence-corrected chi connectivity index (χ3v) is 8.15. The van der Waals surface area contributed by atoms with Crippen molar-refractivity contribution in [3.8, 4) is 0 Å². The van der Waals surface area contributed by atoms with Crippen molar-refractivity contribution in [2.75, 3.05) is 16.3 Å². The second-order valence-electron chi connectivity index (χ2n) is 11.4. The van der Waals surface area contributed by atoms with Gasteiger partial charge in [0.2, 0.25) is 0 Å². The minimum atomic E-state index is -4.68. The molecule has 0 bridgehead atoms. The molecule has 0 aliphatic heterocycles. The topological polar surface area (TPSA) is 80.8 Å². The van der Waals surface area contributed by atoms with Crippen LogP contribution >= 0.6 is 0 Å². The number of hydrogen-bond donors (Lipinski definition) is 0. The van der Waals surface area contributed by atoms with Crippen molar-refractivity contribution in [2.24, 2.45) is 20.0 Å². The summed E-state index contributed by atoms with van der Waals surface area (Å²) < 4.78 is 56.6. The van der Waals surface area contributed by atoms with Gasteiger partial charge in [-0.3, -0.25) is 4.68 Å². The Labute approximate surface area is 242 Å². The highest BCUT2D eigenvalue weighted by atomic mass is 19.4. The molecule has 3 heterocycles. The third-order valence-electron chi connectivity index (χ3n) is 8.15. The van der Waals surface area contributed by atoms with Gasteiger partial charge >= 0.3 is 6.18 Å². The number of fused-ring (bicyclic) bond motifs is 1. The van der Waals surface area contributed by atoms with E-state index in [1.165, 1.54) is 30.5 Å². The van der Waals surface area contributed by atoms with Crippen molar-refractivity contribution < 1.29 is 17.6 Å². The number of anilines is 2. The van der Waals surface area contributed by atoms with Crippen LogP contribution in [0.2, 0.25) is 0 Å². The van der Waals surface area contributed by atoms with Gasteiger partial charge in [-0.1, -0.05) is 30.8 Å². The molecule has 0 spiro atoms. The maximum Gasteiger partial charge on any atom is 0.416 e. The predicted octanol–water partition coefficient (Wildman–Crippen LogP) is 5.96. The molecule has 1 aliphatic rings. The number of benzene rings is 1. The first-order valence-corrected chi connectivity index (χ1v) is 14.4. The Morgan fingerprint density at radius 2 is 1.79 bits per heavy atom. The Hall–Kier alpha value is -3.77. The van der Waals surface area contributed by atoms with E-state index in [2.05, 4.69) is 39.3 Å². The first kappa shape index (κ1) is 29.7. The third kappa shape index (κ3) is 6.34. The van der Waals surface area contributed by atoms with Crippen molar-refractivity contribution in [1.82, 2.24) is 35.0 Å². The number of pyridine rings is 1. The van der Waals surface area contributed by atoms with Crippen molar-refractivity contribution in [1.29, 1.82) is 0 Å². The molecule has 13 heteroatoms. The molecule has 226 valence electrons. The fourth-order valence-corrected chi connectivity index (χ4v) is 6.20. The highest BCUT2D eigenvalue weighted by Gasteiger charge is 2.32. The van der Waals surface area contributed by atoms with Crippen LogP contribution in [0.25, 0.3) is 11.0 Å². The van der Waals surface area contributed by atoms with Crippen molar-refractivity contribution >= 4 is 22.8 Å². The van der Waals surface area contributed by atoms with Gasteiger partial charge in [0.1, 0.15) is 11.6 Å². The number of rotatable bonds is 10. The largest absolute Gasteiger partial charge is 0.416 e. The maximum absolute atomic E-state index is 14.3. The Balaban J connectivity index is 1.57. The summed E-state index contributed by atoms with van der Waals surface area (Å²) in [5, 5.41) is 17.9. The van der Waals surface area contributed by atoms with Crippen LogP contribution in [0.5, 0.6) is 0 Å². The summed E-state index contributed by atoms with van der Waals surface area (Å²) in [5.74, 6) is 0.713. The molecule has 1 saturated carbocycles. The molecule has 1 aliphatic carbocycles. The SMILES string of the molecule is CCN(c1nc2c(cc1CN(Cc1cc(F)cc(C(F)(F)F)c1)c1nnn(C)n1)c(C)nn2C)C(C)CC1CCCC1. The lowest BCUT2D eigenvalue weighted by atomic mass is 9.98. The standard InChI is InChI=1S/C29H37F4N9/c1-6-42(18(2)11-20-9-7-8-10-20)26-22(14-25-19(3)36-39(4)27(25)34-26)17-41(28-35-38-40(5)37-28)16-21-12-23(29(31,32)33)15-24(30)13-21/h12-15,18,20H,6-11,16-17H2,1-5H3. The van der Waals surface area contributed by atoms with E-state index in [9.17, 15) is 17.6 Å². The minimum absolute atomic E-state index is 0.0697. The lowest BCUT2D eigenvalue weighted by Gasteiger charge is -2.33.